The lowest BCUT2D eigenvalue weighted by Crippen LogP contribution is -2.36. The Bertz CT molecular complexity index is 169. The van der Waals surface area contributed by atoms with Gasteiger partial charge >= 0.3 is 0 Å². The Hall–Kier alpha value is 0.0700. The van der Waals surface area contributed by atoms with Gasteiger partial charge in [0.05, 0.1) is 6.61 Å². The number of nitrogens with two attached hydrogens (primary N) is 1. The van der Waals surface area contributed by atoms with Crippen LogP contribution in [0.2, 0.25) is 0 Å². The summed E-state index contributed by atoms with van der Waals surface area (Å²) < 4.78 is 16.6. The molecule has 78 valence electrons. The van der Waals surface area contributed by atoms with Gasteiger partial charge in [-0.15, -0.1) is 0 Å². The Morgan fingerprint density at radius 2 is 2.46 bits per heavy atom. The average molecular weight is 205 g/mol. The first-order valence-corrected chi connectivity index (χ1v) is 6.41. The van der Waals surface area contributed by atoms with Gasteiger partial charge in [0.2, 0.25) is 0 Å². The van der Waals surface area contributed by atoms with Crippen LogP contribution in [-0.4, -0.2) is 35.0 Å². The van der Waals surface area contributed by atoms with Crippen molar-refractivity contribution in [3.63, 3.8) is 0 Å². The number of rotatable bonds is 5. The summed E-state index contributed by atoms with van der Waals surface area (Å²) in [6.45, 7) is 3.62. The molecular formula is C9H19NO2S. The van der Waals surface area contributed by atoms with Gasteiger partial charge < -0.3 is 10.5 Å². The maximum atomic E-state index is 11.4. The van der Waals surface area contributed by atoms with Gasteiger partial charge in [0, 0.05) is 40.9 Å². The predicted molar refractivity (Wildman–Crippen MR) is 55.1 cm³/mol. The standard InChI is InChI=1S/C9H19NO2S/c1-2-5-13(11)7-9(10)8-3-4-12-6-8/h8-9H,2-7,10H2,1H3. The molecule has 1 aliphatic heterocycles. The second kappa shape index (κ2) is 5.73. The fraction of sp³-hybridized carbons (Fsp3) is 1.00. The molecule has 0 aromatic rings. The van der Waals surface area contributed by atoms with Crippen LogP contribution < -0.4 is 5.73 Å². The lowest BCUT2D eigenvalue weighted by atomic mass is 10.0. The Labute approximate surface area is 82.5 Å². The maximum Gasteiger partial charge on any atom is 0.0510 e. The number of hydrogen-bond donors (Lipinski definition) is 1. The molecule has 0 aromatic heterocycles. The maximum absolute atomic E-state index is 11.4. The van der Waals surface area contributed by atoms with Gasteiger partial charge in [-0.3, -0.25) is 4.21 Å². The lowest BCUT2D eigenvalue weighted by Gasteiger charge is -2.16. The van der Waals surface area contributed by atoms with Crippen LogP contribution >= 0.6 is 0 Å². The minimum absolute atomic E-state index is 0.0647. The fourth-order valence-electron chi connectivity index (χ4n) is 1.55. The van der Waals surface area contributed by atoms with Crippen LogP contribution in [0.25, 0.3) is 0 Å². The Morgan fingerprint density at radius 3 is 3.00 bits per heavy atom. The third-order valence-electron chi connectivity index (χ3n) is 2.38. The third kappa shape index (κ3) is 3.75. The molecule has 3 nitrogen and oxygen atoms in total. The molecule has 0 radical (unpaired) electrons. The van der Waals surface area contributed by atoms with Crippen LogP contribution in [0.3, 0.4) is 0 Å². The van der Waals surface area contributed by atoms with Crippen molar-refractivity contribution in [2.75, 3.05) is 24.7 Å². The van der Waals surface area contributed by atoms with Crippen LogP contribution in [0.5, 0.6) is 0 Å². The molecule has 4 heteroatoms. The van der Waals surface area contributed by atoms with Gasteiger partial charge in [-0.05, 0) is 12.8 Å². The topological polar surface area (TPSA) is 52.3 Å². The molecule has 0 saturated carbocycles. The molecule has 1 fully saturated rings. The molecule has 0 spiro atoms. The molecule has 1 heterocycles. The summed E-state index contributed by atoms with van der Waals surface area (Å²) in [6.07, 6.45) is 2.00. The van der Waals surface area contributed by atoms with Crippen LogP contribution in [0.4, 0.5) is 0 Å². The molecule has 3 atom stereocenters. The molecule has 2 N–H and O–H groups in total. The van der Waals surface area contributed by atoms with Crippen LogP contribution in [0, 0.1) is 5.92 Å². The highest BCUT2D eigenvalue weighted by Gasteiger charge is 2.23. The van der Waals surface area contributed by atoms with E-state index < -0.39 is 10.8 Å². The van der Waals surface area contributed by atoms with E-state index in [9.17, 15) is 4.21 Å². The monoisotopic (exact) mass is 205 g/mol. The van der Waals surface area contributed by atoms with Crippen LogP contribution in [-0.2, 0) is 15.5 Å². The normalized spacial score (nSPS) is 27.4. The summed E-state index contributed by atoms with van der Waals surface area (Å²) in [7, 11) is -0.727. The van der Waals surface area contributed by atoms with E-state index >= 15 is 0 Å². The molecule has 0 aromatic carbocycles. The van der Waals surface area contributed by atoms with E-state index in [1.54, 1.807) is 0 Å². The van der Waals surface area contributed by atoms with Gasteiger partial charge in [-0.2, -0.15) is 0 Å². The van der Waals surface area contributed by atoms with Crippen LogP contribution in [0.1, 0.15) is 19.8 Å². The average Bonchev–Trinajstić information content (AvgIpc) is 2.55. The van der Waals surface area contributed by atoms with Crippen molar-refractivity contribution < 1.29 is 8.95 Å². The van der Waals surface area contributed by atoms with Gasteiger partial charge in [-0.1, -0.05) is 6.92 Å². The van der Waals surface area contributed by atoms with E-state index in [1.807, 2.05) is 6.92 Å². The van der Waals surface area contributed by atoms with Crippen molar-refractivity contribution in [3.05, 3.63) is 0 Å². The predicted octanol–water partition coefficient (Wildman–Crippen LogP) is 0.509. The van der Waals surface area contributed by atoms with Crippen LogP contribution in [0.15, 0.2) is 0 Å². The van der Waals surface area contributed by atoms with Crippen molar-refractivity contribution in [1.29, 1.82) is 0 Å². The summed E-state index contributed by atoms with van der Waals surface area (Å²) in [5.74, 6) is 1.85. The lowest BCUT2D eigenvalue weighted by molar-refractivity contribution is 0.182. The molecule has 0 bridgehead atoms. The molecule has 1 rings (SSSR count). The second-order valence-electron chi connectivity index (χ2n) is 3.60. The van der Waals surface area contributed by atoms with E-state index in [-0.39, 0.29) is 6.04 Å². The van der Waals surface area contributed by atoms with E-state index in [4.69, 9.17) is 10.5 Å². The second-order valence-corrected chi connectivity index (χ2v) is 5.22. The summed E-state index contributed by atoms with van der Waals surface area (Å²) in [5.41, 5.74) is 5.94. The van der Waals surface area contributed by atoms with Gasteiger partial charge in [0.1, 0.15) is 0 Å². The Morgan fingerprint density at radius 1 is 1.69 bits per heavy atom. The van der Waals surface area contributed by atoms with Gasteiger partial charge in [-0.25, -0.2) is 0 Å². The minimum atomic E-state index is -0.727. The minimum Gasteiger partial charge on any atom is -0.381 e. The zero-order valence-corrected chi connectivity index (χ0v) is 9.02. The molecule has 3 unspecified atom stereocenters. The largest absolute Gasteiger partial charge is 0.381 e. The molecule has 1 saturated heterocycles. The van der Waals surface area contributed by atoms with Crippen molar-refractivity contribution in [2.24, 2.45) is 11.7 Å². The molecule has 13 heavy (non-hydrogen) atoms. The smallest absolute Gasteiger partial charge is 0.0510 e. The number of hydrogen-bond acceptors (Lipinski definition) is 3. The number of ether oxygens (including phenoxy) is 1. The molecule has 1 aliphatic rings. The first-order chi connectivity index (χ1) is 6.24. The summed E-state index contributed by atoms with van der Waals surface area (Å²) in [6, 6.07) is 0.0647. The van der Waals surface area contributed by atoms with Gasteiger partial charge in [0.25, 0.3) is 0 Å². The first-order valence-electron chi connectivity index (χ1n) is 4.92. The first kappa shape index (κ1) is 11.1. The molecule has 0 aliphatic carbocycles. The summed E-state index contributed by atoms with van der Waals surface area (Å²) in [4.78, 5) is 0. The van der Waals surface area contributed by atoms with Crippen molar-refractivity contribution >= 4 is 10.8 Å². The molecule has 0 amide bonds. The quantitative estimate of drug-likeness (QED) is 0.711. The van der Waals surface area contributed by atoms with E-state index in [2.05, 4.69) is 0 Å². The van der Waals surface area contributed by atoms with Crippen molar-refractivity contribution in [3.8, 4) is 0 Å². The summed E-state index contributed by atoms with van der Waals surface area (Å²) >= 11 is 0. The van der Waals surface area contributed by atoms with Gasteiger partial charge in [0.15, 0.2) is 0 Å². The Balaban J connectivity index is 2.22. The van der Waals surface area contributed by atoms with E-state index in [1.165, 1.54) is 0 Å². The van der Waals surface area contributed by atoms with Crippen molar-refractivity contribution in [2.45, 2.75) is 25.8 Å². The fourth-order valence-corrected chi connectivity index (χ4v) is 2.88. The van der Waals surface area contributed by atoms with Crippen molar-refractivity contribution in [1.82, 2.24) is 0 Å². The Kier molecular flexibility index (Phi) is 4.91. The van der Waals surface area contributed by atoms with E-state index in [0.29, 0.717) is 11.7 Å². The van der Waals surface area contributed by atoms with E-state index in [0.717, 1.165) is 31.8 Å². The molecular weight excluding hydrogens is 186 g/mol. The highest BCUT2D eigenvalue weighted by atomic mass is 32.2. The highest BCUT2D eigenvalue weighted by molar-refractivity contribution is 7.85. The SMILES string of the molecule is CCCS(=O)CC(N)C1CCOC1. The zero-order valence-electron chi connectivity index (χ0n) is 8.20. The highest BCUT2D eigenvalue weighted by Crippen LogP contribution is 2.15. The third-order valence-corrected chi connectivity index (χ3v) is 4.00. The zero-order chi connectivity index (χ0) is 9.68. The summed E-state index contributed by atoms with van der Waals surface area (Å²) in [5, 5.41) is 0.